The van der Waals surface area contributed by atoms with Crippen LogP contribution in [0.15, 0.2) is 97.2 Å². The highest BCUT2D eigenvalue weighted by Gasteiger charge is 2.26. The van der Waals surface area contributed by atoms with Crippen molar-refractivity contribution in [2.45, 2.75) is 31.2 Å². The molecule has 2 heterocycles. The number of carbonyl (C=O) groups is 1. The predicted octanol–water partition coefficient (Wildman–Crippen LogP) is 6.02. The van der Waals surface area contributed by atoms with E-state index in [0.717, 1.165) is 21.3 Å². The Morgan fingerprint density at radius 3 is 2.34 bits per heavy atom. The number of amides is 1. The van der Waals surface area contributed by atoms with Crippen molar-refractivity contribution in [2.24, 2.45) is 0 Å². The summed E-state index contributed by atoms with van der Waals surface area (Å²) >= 11 is 1.45. The molecule has 4 aromatic rings. The van der Waals surface area contributed by atoms with Crippen LogP contribution in [0.2, 0.25) is 0 Å². The normalized spacial score (nSPS) is 11.7. The second-order valence-electron chi connectivity index (χ2n) is 9.02. The van der Waals surface area contributed by atoms with E-state index in [1.807, 2.05) is 24.3 Å². The minimum Gasteiger partial charge on any atom is -0.279 e. The highest BCUT2D eigenvalue weighted by atomic mass is 32.2. The second-order valence-corrected chi connectivity index (χ2v) is 12.0. The Bertz CT molecular complexity index is 1540. The maximum absolute atomic E-state index is 13.8. The molecule has 0 saturated carbocycles. The van der Waals surface area contributed by atoms with Crippen molar-refractivity contribution in [3.63, 3.8) is 0 Å². The first-order chi connectivity index (χ1) is 18.3. The first kappa shape index (κ1) is 27.4. The van der Waals surface area contributed by atoms with Gasteiger partial charge in [-0.2, -0.15) is 4.31 Å². The first-order valence-electron chi connectivity index (χ1n) is 12.2. The molecule has 0 radical (unpaired) electrons. The summed E-state index contributed by atoms with van der Waals surface area (Å²) in [6.07, 6.45) is 6.45. The average Bonchev–Trinajstić information content (AvgIpc) is 3.36. The molecule has 0 atom stereocenters. The van der Waals surface area contributed by atoms with Crippen LogP contribution in [0.1, 0.15) is 41.3 Å². The zero-order valence-electron chi connectivity index (χ0n) is 21.4. The standard InChI is InChI=1S/C29H30N4O3S2/c1-5-17-32(18-6-2)38(35,36)24-14-12-23(13-15-24)28(34)33(20-22-9-8-16-30-19-22)29-31-27-25(21(3)4)10-7-11-26(27)37-29/h5-16,19,21H,1-2,17-18,20H2,3-4H3. The molecule has 0 aliphatic heterocycles. The van der Waals surface area contributed by atoms with Gasteiger partial charge >= 0.3 is 0 Å². The fourth-order valence-electron chi connectivity index (χ4n) is 4.07. The van der Waals surface area contributed by atoms with Gasteiger partial charge in [-0.15, -0.1) is 13.2 Å². The Kier molecular flexibility index (Phi) is 8.51. The van der Waals surface area contributed by atoms with E-state index in [1.165, 1.54) is 39.9 Å². The van der Waals surface area contributed by atoms with Gasteiger partial charge < -0.3 is 0 Å². The van der Waals surface area contributed by atoms with Gasteiger partial charge in [0, 0.05) is 31.0 Å². The summed E-state index contributed by atoms with van der Waals surface area (Å²) in [7, 11) is -3.77. The number of anilines is 1. The van der Waals surface area contributed by atoms with Gasteiger partial charge in [0.05, 0.1) is 21.7 Å². The van der Waals surface area contributed by atoms with Crippen molar-refractivity contribution in [2.75, 3.05) is 18.0 Å². The minimum absolute atomic E-state index is 0.0955. The summed E-state index contributed by atoms with van der Waals surface area (Å²) in [6.45, 7) is 12.1. The lowest BCUT2D eigenvalue weighted by molar-refractivity contribution is 0.0985. The van der Waals surface area contributed by atoms with Crippen LogP contribution in [0.4, 0.5) is 5.13 Å². The maximum atomic E-state index is 13.8. The number of nitrogens with zero attached hydrogens (tertiary/aromatic N) is 4. The molecule has 4 rings (SSSR count). The molecule has 0 aliphatic rings. The molecule has 0 saturated heterocycles. The van der Waals surface area contributed by atoms with E-state index in [1.54, 1.807) is 29.4 Å². The Morgan fingerprint density at radius 2 is 1.74 bits per heavy atom. The lowest BCUT2D eigenvalue weighted by Gasteiger charge is -2.21. The van der Waals surface area contributed by atoms with Crippen molar-refractivity contribution in [3.05, 3.63) is 109 Å². The summed E-state index contributed by atoms with van der Waals surface area (Å²) < 4.78 is 28.5. The molecule has 7 nitrogen and oxygen atoms in total. The third-order valence-electron chi connectivity index (χ3n) is 6.00. The van der Waals surface area contributed by atoms with Crippen LogP contribution in [0.5, 0.6) is 0 Å². The predicted molar refractivity (Wildman–Crippen MR) is 154 cm³/mol. The van der Waals surface area contributed by atoms with Crippen molar-refractivity contribution in [3.8, 4) is 0 Å². The van der Waals surface area contributed by atoms with Gasteiger partial charge in [0.2, 0.25) is 10.0 Å². The van der Waals surface area contributed by atoms with Gasteiger partial charge in [-0.3, -0.25) is 14.7 Å². The topological polar surface area (TPSA) is 83.5 Å². The van der Waals surface area contributed by atoms with E-state index < -0.39 is 10.0 Å². The SMILES string of the molecule is C=CCN(CC=C)S(=O)(=O)c1ccc(C(=O)N(Cc2cccnc2)c2nc3c(C(C)C)cccc3s2)cc1. The summed E-state index contributed by atoms with van der Waals surface area (Å²) in [6, 6.07) is 15.8. The van der Waals surface area contributed by atoms with Crippen LogP contribution >= 0.6 is 11.3 Å². The molecule has 38 heavy (non-hydrogen) atoms. The lowest BCUT2D eigenvalue weighted by Crippen LogP contribution is -2.32. The van der Waals surface area contributed by atoms with Crippen molar-refractivity contribution in [1.29, 1.82) is 0 Å². The number of benzene rings is 2. The molecule has 0 aliphatic carbocycles. The van der Waals surface area contributed by atoms with Gasteiger partial charge in [-0.1, -0.05) is 55.5 Å². The molecule has 0 N–H and O–H groups in total. The Balaban J connectivity index is 1.72. The summed E-state index contributed by atoms with van der Waals surface area (Å²) in [5, 5.41) is 0.571. The molecular formula is C29H30N4O3S2. The summed E-state index contributed by atoms with van der Waals surface area (Å²) in [5.74, 6) is 0.00403. The molecule has 1 amide bonds. The van der Waals surface area contributed by atoms with Gasteiger partial charge in [0.1, 0.15) is 0 Å². The van der Waals surface area contributed by atoms with Gasteiger partial charge in [-0.05, 0) is 53.4 Å². The number of hydrogen-bond acceptors (Lipinski definition) is 6. The number of carbonyl (C=O) groups excluding carboxylic acids is 1. The van der Waals surface area contributed by atoms with Crippen molar-refractivity contribution < 1.29 is 13.2 Å². The maximum Gasteiger partial charge on any atom is 0.260 e. The number of sulfonamides is 1. The number of fused-ring (bicyclic) bond motifs is 1. The lowest BCUT2D eigenvalue weighted by atomic mass is 10.0. The Labute approximate surface area is 227 Å². The number of rotatable bonds is 11. The fraction of sp³-hybridized carbons (Fsp3) is 0.207. The summed E-state index contributed by atoms with van der Waals surface area (Å²) in [5.41, 5.74) is 3.22. The van der Waals surface area contributed by atoms with E-state index in [9.17, 15) is 13.2 Å². The highest BCUT2D eigenvalue weighted by molar-refractivity contribution is 7.89. The quantitative estimate of drug-likeness (QED) is 0.215. The molecule has 2 aromatic heterocycles. The number of thiazole rings is 1. The van der Waals surface area contributed by atoms with Crippen LogP contribution in [0, 0.1) is 0 Å². The largest absolute Gasteiger partial charge is 0.279 e. The van der Waals surface area contributed by atoms with Crippen LogP contribution in [-0.2, 0) is 16.6 Å². The van der Waals surface area contributed by atoms with E-state index >= 15 is 0 Å². The van der Waals surface area contributed by atoms with Crippen molar-refractivity contribution in [1.82, 2.24) is 14.3 Å². The molecule has 0 unspecified atom stereocenters. The van der Waals surface area contributed by atoms with E-state index in [2.05, 4.69) is 38.1 Å². The summed E-state index contributed by atoms with van der Waals surface area (Å²) in [4.78, 5) is 24.6. The zero-order valence-corrected chi connectivity index (χ0v) is 23.1. The molecule has 0 fully saturated rings. The molecule has 2 aromatic carbocycles. The minimum atomic E-state index is -3.77. The van der Waals surface area contributed by atoms with Crippen LogP contribution < -0.4 is 4.90 Å². The van der Waals surface area contributed by atoms with E-state index in [-0.39, 0.29) is 36.4 Å². The Hall–Kier alpha value is -3.66. The first-order valence-corrected chi connectivity index (χ1v) is 14.4. The number of pyridine rings is 1. The van der Waals surface area contributed by atoms with Crippen LogP contribution in [0.25, 0.3) is 10.2 Å². The van der Waals surface area contributed by atoms with Crippen LogP contribution in [-0.4, -0.2) is 41.7 Å². The Morgan fingerprint density at radius 1 is 1.03 bits per heavy atom. The molecule has 196 valence electrons. The molecule has 9 heteroatoms. The van der Waals surface area contributed by atoms with Gasteiger partial charge in [0.15, 0.2) is 5.13 Å². The van der Waals surface area contributed by atoms with Crippen LogP contribution in [0.3, 0.4) is 0 Å². The highest BCUT2D eigenvalue weighted by Crippen LogP contribution is 2.35. The number of para-hydroxylation sites is 1. The molecule has 0 spiro atoms. The monoisotopic (exact) mass is 546 g/mol. The van der Waals surface area contributed by atoms with Gasteiger partial charge in [0.25, 0.3) is 5.91 Å². The number of hydrogen-bond donors (Lipinski definition) is 0. The molecular weight excluding hydrogens is 516 g/mol. The third kappa shape index (κ3) is 5.75. The van der Waals surface area contributed by atoms with E-state index in [4.69, 9.17) is 4.98 Å². The zero-order chi connectivity index (χ0) is 27.3. The second kappa shape index (κ2) is 11.8. The fourth-order valence-corrected chi connectivity index (χ4v) is 6.45. The molecule has 0 bridgehead atoms. The number of aromatic nitrogens is 2. The van der Waals surface area contributed by atoms with Gasteiger partial charge in [-0.25, -0.2) is 13.4 Å². The van der Waals surface area contributed by atoms with E-state index in [0.29, 0.717) is 10.7 Å². The average molecular weight is 547 g/mol. The third-order valence-corrected chi connectivity index (χ3v) is 8.89. The van der Waals surface area contributed by atoms with Crippen molar-refractivity contribution >= 4 is 42.6 Å². The smallest absolute Gasteiger partial charge is 0.260 e.